The Balaban J connectivity index is 2.26. The van der Waals surface area contributed by atoms with Crippen LogP contribution in [0, 0.1) is 11.2 Å². The Morgan fingerprint density at radius 3 is 2.45 bits per heavy atom. The molecule has 3 nitrogen and oxygen atoms in total. The van der Waals surface area contributed by atoms with Crippen molar-refractivity contribution in [1.29, 1.82) is 5.41 Å². The van der Waals surface area contributed by atoms with Crippen molar-refractivity contribution in [3.05, 3.63) is 65.5 Å². The first-order chi connectivity index (χ1) is 9.61. The molecule has 0 heterocycles. The Labute approximate surface area is 118 Å². The maximum Gasteiger partial charge on any atom is 0.147 e. The van der Waals surface area contributed by atoms with Crippen LogP contribution in [0.2, 0.25) is 0 Å². The molecule has 104 valence electrons. The number of amidine groups is 1. The van der Waals surface area contributed by atoms with Crippen molar-refractivity contribution in [3.63, 3.8) is 0 Å². The molecule has 20 heavy (non-hydrogen) atoms. The van der Waals surface area contributed by atoms with E-state index < -0.39 is 0 Å². The molecule has 0 saturated heterocycles. The van der Waals surface area contributed by atoms with Crippen LogP contribution in [0.4, 0.5) is 10.1 Å². The molecule has 0 unspecified atom stereocenters. The molecular formula is C16H18FN3. The fraction of sp³-hybridized carbons (Fsp3) is 0.188. The van der Waals surface area contributed by atoms with E-state index in [1.165, 1.54) is 6.07 Å². The quantitative estimate of drug-likeness (QED) is 0.648. The summed E-state index contributed by atoms with van der Waals surface area (Å²) in [6.45, 7) is 3.33. The summed E-state index contributed by atoms with van der Waals surface area (Å²) in [5.41, 5.74) is 7.43. The van der Waals surface area contributed by atoms with Crippen LogP contribution in [0.5, 0.6) is 0 Å². The third-order valence-corrected chi connectivity index (χ3v) is 3.20. The molecule has 0 fully saturated rings. The molecule has 3 N–H and O–H groups in total. The lowest BCUT2D eigenvalue weighted by Gasteiger charge is -2.24. The first kappa shape index (κ1) is 14.1. The molecule has 2 aromatic carbocycles. The monoisotopic (exact) mass is 271 g/mol. The van der Waals surface area contributed by atoms with E-state index in [0.717, 1.165) is 5.56 Å². The van der Waals surface area contributed by atoms with E-state index in [-0.39, 0.29) is 11.7 Å². The average Bonchev–Trinajstić information content (AvgIpc) is 2.46. The molecule has 0 saturated carbocycles. The van der Waals surface area contributed by atoms with E-state index in [2.05, 4.69) is 0 Å². The van der Waals surface area contributed by atoms with E-state index >= 15 is 0 Å². The average molecular weight is 271 g/mol. The highest BCUT2D eigenvalue weighted by Gasteiger charge is 2.12. The summed E-state index contributed by atoms with van der Waals surface area (Å²) < 4.78 is 14.2. The van der Waals surface area contributed by atoms with Crippen molar-refractivity contribution in [2.75, 3.05) is 11.4 Å². The summed E-state index contributed by atoms with van der Waals surface area (Å²) in [7, 11) is 0. The number of halogens is 1. The SMILES string of the molecule is CCN(Cc1ccccc1)c1ccc(C(=N)N)cc1F. The molecule has 0 radical (unpaired) electrons. The zero-order valence-corrected chi connectivity index (χ0v) is 11.4. The smallest absolute Gasteiger partial charge is 0.147 e. The Bertz CT molecular complexity index is 596. The molecule has 0 bridgehead atoms. The van der Waals surface area contributed by atoms with Crippen molar-refractivity contribution in [1.82, 2.24) is 0 Å². The molecule has 0 spiro atoms. The fourth-order valence-electron chi connectivity index (χ4n) is 2.10. The zero-order chi connectivity index (χ0) is 14.5. The second-order valence-electron chi connectivity index (χ2n) is 4.58. The highest BCUT2D eigenvalue weighted by atomic mass is 19.1. The van der Waals surface area contributed by atoms with Crippen LogP contribution in [0.25, 0.3) is 0 Å². The molecule has 4 heteroatoms. The van der Waals surface area contributed by atoms with Crippen molar-refractivity contribution in [2.24, 2.45) is 5.73 Å². The van der Waals surface area contributed by atoms with Gasteiger partial charge in [0.2, 0.25) is 0 Å². The third kappa shape index (κ3) is 3.15. The number of hydrogen-bond acceptors (Lipinski definition) is 2. The number of hydrogen-bond donors (Lipinski definition) is 2. The second kappa shape index (κ2) is 6.19. The van der Waals surface area contributed by atoms with Gasteiger partial charge in [0.05, 0.1) is 5.69 Å². The molecular weight excluding hydrogens is 253 g/mol. The van der Waals surface area contributed by atoms with Crippen LogP contribution in [0.15, 0.2) is 48.5 Å². The highest BCUT2D eigenvalue weighted by molar-refractivity contribution is 5.95. The maximum atomic E-state index is 14.2. The normalized spacial score (nSPS) is 10.3. The minimum Gasteiger partial charge on any atom is -0.384 e. The Hall–Kier alpha value is -2.36. The Morgan fingerprint density at radius 2 is 1.90 bits per heavy atom. The predicted octanol–water partition coefficient (Wildman–Crippen LogP) is 3.14. The summed E-state index contributed by atoms with van der Waals surface area (Å²) in [4.78, 5) is 1.95. The van der Waals surface area contributed by atoms with E-state index in [9.17, 15) is 4.39 Å². The largest absolute Gasteiger partial charge is 0.384 e. The topological polar surface area (TPSA) is 53.1 Å². The van der Waals surface area contributed by atoms with Gasteiger partial charge in [-0.2, -0.15) is 0 Å². The van der Waals surface area contributed by atoms with Gasteiger partial charge in [-0.3, -0.25) is 5.41 Å². The van der Waals surface area contributed by atoms with Crippen molar-refractivity contribution < 1.29 is 4.39 Å². The fourth-order valence-corrected chi connectivity index (χ4v) is 2.10. The molecule has 0 aliphatic rings. The van der Waals surface area contributed by atoms with Gasteiger partial charge in [0.15, 0.2) is 0 Å². The lowest BCUT2D eigenvalue weighted by molar-refractivity contribution is 0.617. The van der Waals surface area contributed by atoms with Gasteiger partial charge in [-0.05, 0) is 30.7 Å². The van der Waals surface area contributed by atoms with E-state index in [1.54, 1.807) is 12.1 Å². The third-order valence-electron chi connectivity index (χ3n) is 3.20. The summed E-state index contributed by atoms with van der Waals surface area (Å²) in [6, 6.07) is 14.6. The number of rotatable bonds is 5. The van der Waals surface area contributed by atoms with E-state index in [1.807, 2.05) is 42.2 Å². The van der Waals surface area contributed by atoms with E-state index in [0.29, 0.717) is 24.3 Å². The minimum absolute atomic E-state index is 0.124. The highest BCUT2D eigenvalue weighted by Crippen LogP contribution is 2.22. The number of benzene rings is 2. The standard InChI is InChI=1S/C16H18FN3/c1-2-20(11-12-6-4-3-5-7-12)15-9-8-13(16(18)19)10-14(15)17/h3-10H,2,11H2,1H3,(H3,18,19). The molecule has 0 amide bonds. The van der Waals surface area contributed by atoms with Crippen molar-refractivity contribution in [3.8, 4) is 0 Å². The van der Waals surface area contributed by atoms with Gasteiger partial charge in [-0.1, -0.05) is 30.3 Å². The summed E-state index contributed by atoms with van der Waals surface area (Å²) in [6.07, 6.45) is 0. The van der Waals surface area contributed by atoms with Crippen molar-refractivity contribution in [2.45, 2.75) is 13.5 Å². The Kier molecular flexibility index (Phi) is 4.35. The van der Waals surface area contributed by atoms with Gasteiger partial charge in [-0.15, -0.1) is 0 Å². The second-order valence-corrected chi connectivity index (χ2v) is 4.58. The van der Waals surface area contributed by atoms with Crippen LogP contribution in [0.1, 0.15) is 18.1 Å². The number of nitrogens with one attached hydrogen (secondary N) is 1. The van der Waals surface area contributed by atoms with Crippen LogP contribution in [-0.2, 0) is 6.54 Å². The first-order valence-corrected chi connectivity index (χ1v) is 6.54. The van der Waals surface area contributed by atoms with Gasteiger partial charge >= 0.3 is 0 Å². The van der Waals surface area contributed by atoms with Crippen LogP contribution in [0.3, 0.4) is 0 Å². The molecule has 0 aromatic heterocycles. The first-order valence-electron chi connectivity index (χ1n) is 6.54. The van der Waals surface area contributed by atoms with Gasteiger partial charge in [0.25, 0.3) is 0 Å². The summed E-state index contributed by atoms with van der Waals surface area (Å²) in [5, 5.41) is 7.33. The van der Waals surface area contributed by atoms with Crippen LogP contribution < -0.4 is 10.6 Å². The zero-order valence-electron chi connectivity index (χ0n) is 11.4. The number of nitrogens with two attached hydrogens (primary N) is 1. The number of nitrogen functional groups attached to an aromatic ring is 1. The van der Waals surface area contributed by atoms with E-state index in [4.69, 9.17) is 11.1 Å². The predicted molar refractivity (Wildman–Crippen MR) is 80.6 cm³/mol. The van der Waals surface area contributed by atoms with Gasteiger partial charge in [0, 0.05) is 18.7 Å². The van der Waals surface area contributed by atoms with Crippen molar-refractivity contribution >= 4 is 11.5 Å². The lowest BCUT2D eigenvalue weighted by Crippen LogP contribution is -2.23. The maximum absolute atomic E-state index is 14.2. The molecule has 0 aliphatic heterocycles. The number of anilines is 1. The Morgan fingerprint density at radius 1 is 1.20 bits per heavy atom. The molecule has 0 atom stereocenters. The van der Waals surface area contributed by atoms with Gasteiger partial charge < -0.3 is 10.6 Å². The van der Waals surface area contributed by atoms with Crippen LogP contribution >= 0.6 is 0 Å². The molecule has 2 aromatic rings. The van der Waals surface area contributed by atoms with Gasteiger partial charge in [0.1, 0.15) is 11.7 Å². The summed E-state index contributed by atoms with van der Waals surface area (Å²) >= 11 is 0. The summed E-state index contributed by atoms with van der Waals surface area (Å²) in [5.74, 6) is -0.475. The molecule has 0 aliphatic carbocycles. The lowest BCUT2D eigenvalue weighted by atomic mass is 10.1. The van der Waals surface area contributed by atoms with Gasteiger partial charge in [-0.25, -0.2) is 4.39 Å². The number of nitrogens with zero attached hydrogens (tertiary/aromatic N) is 1. The minimum atomic E-state index is -0.351. The van der Waals surface area contributed by atoms with Crippen LogP contribution in [-0.4, -0.2) is 12.4 Å². The molecule has 2 rings (SSSR count).